The molecule has 2 rings (SSSR count). The maximum absolute atomic E-state index is 11.6. The number of ether oxygens (including phenoxy) is 1. The predicted octanol–water partition coefficient (Wildman–Crippen LogP) is 2.09. The Labute approximate surface area is 130 Å². The summed E-state index contributed by atoms with van der Waals surface area (Å²) in [5.74, 6) is -0.461. The molecule has 0 fully saturated rings. The molecule has 0 aromatic heterocycles. The van der Waals surface area contributed by atoms with E-state index in [-0.39, 0.29) is 22.9 Å². The molecule has 23 heavy (non-hydrogen) atoms. The second kappa shape index (κ2) is 5.30. The van der Waals surface area contributed by atoms with Crippen molar-refractivity contribution in [1.82, 2.24) is 5.01 Å². The van der Waals surface area contributed by atoms with Crippen molar-refractivity contribution in [3.8, 4) is 0 Å². The molecule has 0 bridgehead atoms. The third-order valence-electron chi connectivity index (χ3n) is 3.35. The zero-order valence-electron chi connectivity index (χ0n) is 12.9. The van der Waals surface area contributed by atoms with Gasteiger partial charge in [0.15, 0.2) is 0 Å². The summed E-state index contributed by atoms with van der Waals surface area (Å²) in [5, 5.41) is 27.2. The number of rotatable bonds is 3. The number of non-ortho nitro benzene ring substituents is 1. The van der Waals surface area contributed by atoms with Crippen molar-refractivity contribution in [3.63, 3.8) is 0 Å². The lowest BCUT2D eigenvalue weighted by molar-refractivity contribution is -0.394. The molecule has 0 spiro atoms. The van der Waals surface area contributed by atoms with Crippen molar-refractivity contribution in [2.75, 3.05) is 0 Å². The first kappa shape index (κ1) is 16.3. The van der Waals surface area contributed by atoms with Crippen LogP contribution in [0.2, 0.25) is 0 Å². The number of amides is 1. The van der Waals surface area contributed by atoms with Gasteiger partial charge in [-0.15, -0.1) is 5.10 Å². The zero-order valence-corrected chi connectivity index (χ0v) is 12.9. The summed E-state index contributed by atoms with van der Waals surface area (Å²) in [6.45, 7) is 5.91. The summed E-state index contributed by atoms with van der Waals surface area (Å²) in [5.41, 5.74) is -1.70. The molecule has 122 valence electrons. The van der Waals surface area contributed by atoms with E-state index in [2.05, 4.69) is 5.10 Å². The van der Waals surface area contributed by atoms with Crippen LogP contribution < -0.4 is 0 Å². The fraction of sp³-hybridized carbons (Fsp3) is 0.385. The van der Waals surface area contributed by atoms with E-state index in [1.54, 1.807) is 13.8 Å². The molecular weight excluding hydrogens is 308 g/mol. The van der Waals surface area contributed by atoms with E-state index < -0.39 is 26.9 Å². The molecule has 0 atom stereocenters. The molecule has 0 radical (unpaired) electrons. The van der Waals surface area contributed by atoms with Crippen molar-refractivity contribution >= 4 is 23.2 Å². The lowest BCUT2D eigenvalue weighted by atomic mass is 10.1. The second-order valence-corrected chi connectivity index (χ2v) is 5.44. The average Bonchev–Trinajstić information content (AvgIpc) is 2.74. The van der Waals surface area contributed by atoms with E-state index in [1.165, 1.54) is 13.8 Å². The van der Waals surface area contributed by atoms with Crippen LogP contribution in [-0.2, 0) is 9.53 Å². The number of nitro groups is 2. The number of nitro benzene ring substituents is 2. The average molecular weight is 322 g/mol. The molecule has 1 aliphatic rings. The van der Waals surface area contributed by atoms with E-state index >= 15 is 0 Å². The first-order valence-electron chi connectivity index (χ1n) is 6.57. The number of hydrogen-bond donors (Lipinski definition) is 0. The minimum absolute atomic E-state index is 0.0745. The van der Waals surface area contributed by atoms with Gasteiger partial charge in [-0.2, -0.15) is 5.01 Å². The summed E-state index contributed by atoms with van der Waals surface area (Å²) in [6.07, 6.45) is 0. The quantitative estimate of drug-likeness (QED) is 0.619. The Bertz CT molecular complexity index is 755. The highest BCUT2D eigenvalue weighted by atomic mass is 16.6. The normalized spacial score (nSPS) is 15.8. The number of benzene rings is 1. The molecule has 0 aliphatic carbocycles. The predicted molar refractivity (Wildman–Crippen MR) is 78.7 cm³/mol. The molecule has 1 heterocycles. The Balaban J connectivity index is 2.64. The summed E-state index contributed by atoms with van der Waals surface area (Å²) < 4.78 is 5.57. The van der Waals surface area contributed by atoms with Crippen molar-refractivity contribution in [2.45, 2.75) is 33.4 Å². The Morgan fingerprint density at radius 2 is 1.87 bits per heavy atom. The van der Waals surface area contributed by atoms with Crippen LogP contribution in [0.3, 0.4) is 0 Å². The molecule has 10 nitrogen and oxygen atoms in total. The standard InChI is InChI=1S/C13H14N4O6/c1-7-10(5-9(16(19)20)6-11(7)17(21)22)12-14-15(8(2)18)13(3,4)23-12/h5-6H,1-4H3. The molecule has 0 N–H and O–H groups in total. The number of hydrazone groups is 1. The monoisotopic (exact) mass is 322 g/mol. The summed E-state index contributed by atoms with van der Waals surface area (Å²) >= 11 is 0. The van der Waals surface area contributed by atoms with Crippen LogP contribution >= 0.6 is 0 Å². The molecule has 1 aromatic carbocycles. The smallest absolute Gasteiger partial charge is 0.279 e. The van der Waals surface area contributed by atoms with E-state index in [0.717, 1.165) is 17.1 Å². The van der Waals surface area contributed by atoms with Gasteiger partial charge < -0.3 is 4.74 Å². The Kier molecular flexibility index (Phi) is 3.77. The van der Waals surface area contributed by atoms with Gasteiger partial charge in [-0.1, -0.05) is 0 Å². The third kappa shape index (κ3) is 2.82. The maximum atomic E-state index is 11.6. The topological polar surface area (TPSA) is 128 Å². The lowest BCUT2D eigenvalue weighted by Crippen LogP contribution is -2.41. The van der Waals surface area contributed by atoms with Gasteiger partial charge in [0.2, 0.25) is 17.5 Å². The van der Waals surface area contributed by atoms with Crippen molar-refractivity contribution in [1.29, 1.82) is 0 Å². The molecule has 0 unspecified atom stereocenters. The first-order valence-corrected chi connectivity index (χ1v) is 6.57. The Morgan fingerprint density at radius 1 is 1.26 bits per heavy atom. The Hall–Kier alpha value is -3.04. The molecule has 10 heteroatoms. The number of carbonyl (C=O) groups is 1. The highest BCUT2D eigenvalue weighted by Gasteiger charge is 2.40. The minimum atomic E-state index is -1.09. The highest BCUT2D eigenvalue weighted by molar-refractivity contribution is 5.99. The first-order chi connectivity index (χ1) is 10.5. The van der Waals surface area contributed by atoms with Crippen molar-refractivity contribution in [3.05, 3.63) is 43.5 Å². The molecular formula is C13H14N4O6. The van der Waals surface area contributed by atoms with Crippen molar-refractivity contribution in [2.24, 2.45) is 5.10 Å². The maximum Gasteiger partial charge on any atom is 0.279 e. The van der Waals surface area contributed by atoms with Crippen LogP contribution in [0.5, 0.6) is 0 Å². The molecule has 1 aliphatic heterocycles. The highest BCUT2D eigenvalue weighted by Crippen LogP contribution is 2.33. The van der Waals surface area contributed by atoms with Gasteiger partial charge in [0.25, 0.3) is 11.4 Å². The van der Waals surface area contributed by atoms with Gasteiger partial charge in [-0.3, -0.25) is 25.0 Å². The van der Waals surface area contributed by atoms with Gasteiger partial charge in [0, 0.05) is 18.6 Å². The van der Waals surface area contributed by atoms with Crippen LogP contribution in [0.1, 0.15) is 31.9 Å². The Morgan fingerprint density at radius 3 is 2.30 bits per heavy atom. The molecule has 1 amide bonds. The van der Waals surface area contributed by atoms with Crippen LogP contribution in [0, 0.1) is 27.2 Å². The minimum Gasteiger partial charge on any atom is -0.448 e. The van der Waals surface area contributed by atoms with Crippen LogP contribution in [-0.4, -0.2) is 32.4 Å². The molecule has 1 aromatic rings. The molecule has 0 saturated carbocycles. The van der Waals surface area contributed by atoms with Gasteiger partial charge >= 0.3 is 0 Å². The van der Waals surface area contributed by atoms with Gasteiger partial charge in [0.1, 0.15) is 0 Å². The van der Waals surface area contributed by atoms with Crippen LogP contribution in [0.25, 0.3) is 0 Å². The van der Waals surface area contributed by atoms with Gasteiger partial charge in [-0.25, -0.2) is 0 Å². The van der Waals surface area contributed by atoms with Crippen LogP contribution in [0.4, 0.5) is 11.4 Å². The summed E-state index contributed by atoms with van der Waals surface area (Å²) in [7, 11) is 0. The van der Waals surface area contributed by atoms with Crippen LogP contribution in [0.15, 0.2) is 17.2 Å². The summed E-state index contributed by atoms with van der Waals surface area (Å²) in [6, 6.07) is 2.02. The van der Waals surface area contributed by atoms with E-state index in [4.69, 9.17) is 4.74 Å². The number of hydrogen-bond acceptors (Lipinski definition) is 7. The van der Waals surface area contributed by atoms with E-state index in [9.17, 15) is 25.0 Å². The lowest BCUT2D eigenvalue weighted by Gasteiger charge is -2.25. The number of carbonyl (C=O) groups excluding carboxylic acids is 1. The molecule has 0 saturated heterocycles. The second-order valence-electron chi connectivity index (χ2n) is 5.44. The van der Waals surface area contributed by atoms with Crippen molar-refractivity contribution < 1.29 is 19.4 Å². The fourth-order valence-electron chi connectivity index (χ4n) is 2.27. The zero-order chi connectivity index (χ0) is 17.5. The fourth-order valence-corrected chi connectivity index (χ4v) is 2.27. The third-order valence-corrected chi connectivity index (χ3v) is 3.35. The van der Waals surface area contributed by atoms with Gasteiger partial charge in [0.05, 0.1) is 21.5 Å². The largest absolute Gasteiger partial charge is 0.448 e. The van der Waals surface area contributed by atoms with E-state index in [1.807, 2.05) is 0 Å². The SMILES string of the molecule is CC(=O)N1N=C(c2cc([N+](=O)[O-])cc([N+](=O)[O-])c2C)OC1(C)C. The van der Waals surface area contributed by atoms with E-state index in [0.29, 0.717) is 0 Å². The number of nitrogens with zero attached hydrogens (tertiary/aromatic N) is 4. The van der Waals surface area contributed by atoms with Gasteiger partial charge in [-0.05, 0) is 20.8 Å². The summed E-state index contributed by atoms with van der Waals surface area (Å²) in [4.78, 5) is 32.2.